The zero-order valence-corrected chi connectivity index (χ0v) is 14.8. The minimum Gasteiger partial charge on any atom is -0.444 e. The molecule has 2 N–H and O–H groups in total. The molecule has 1 atom stereocenters. The van der Waals surface area contributed by atoms with E-state index in [2.05, 4.69) is 24.5 Å². The number of ether oxygens (including phenoxy) is 1. The zero-order chi connectivity index (χ0) is 16.1. The molecule has 0 heterocycles. The van der Waals surface area contributed by atoms with Crippen LogP contribution in [-0.4, -0.2) is 30.8 Å². The van der Waals surface area contributed by atoms with Gasteiger partial charge in [-0.2, -0.15) is 0 Å². The lowest BCUT2D eigenvalue weighted by atomic mass is 10.1. The Kier molecular flexibility index (Phi) is 11.4. The predicted octanol–water partition coefficient (Wildman–Crippen LogP) is 4.24. The Bertz CT molecular complexity index is 262. The highest BCUT2D eigenvalue weighted by Gasteiger charge is 2.17. The summed E-state index contributed by atoms with van der Waals surface area (Å²) in [5, 5.41) is 6.44. The molecule has 0 radical (unpaired) electrons. The van der Waals surface area contributed by atoms with E-state index in [1.807, 2.05) is 20.8 Å². The average molecular weight is 300 g/mol. The van der Waals surface area contributed by atoms with Crippen LogP contribution in [0.5, 0.6) is 0 Å². The normalized spacial score (nSPS) is 13.0. The van der Waals surface area contributed by atoms with Gasteiger partial charge in [0.05, 0.1) is 0 Å². The highest BCUT2D eigenvalue weighted by Crippen LogP contribution is 2.07. The number of hydrogen-bond donors (Lipinski definition) is 2. The first-order chi connectivity index (χ1) is 9.89. The fraction of sp³-hybridized carbons (Fsp3) is 0.941. The second-order valence-electron chi connectivity index (χ2n) is 6.74. The van der Waals surface area contributed by atoms with Crippen LogP contribution in [0.2, 0.25) is 0 Å². The summed E-state index contributed by atoms with van der Waals surface area (Å²) in [4.78, 5) is 11.7. The highest BCUT2D eigenvalue weighted by molar-refractivity contribution is 5.67. The summed E-state index contributed by atoms with van der Waals surface area (Å²) >= 11 is 0. The van der Waals surface area contributed by atoms with Crippen molar-refractivity contribution >= 4 is 6.09 Å². The van der Waals surface area contributed by atoms with E-state index in [1.165, 1.54) is 38.5 Å². The fourth-order valence-electron chi connectivity index (χ4n) is 2.11. The number of alkyl carbamates (subject to hydrolysis) is 1. The lowest BCUT2D eigenvalue weighted by Gasteiger charge is -2.22. The fourth-order valence-corrected chi connectivity index (χ4v) is 2.11. The molecule has 0 fully saturated rings. The average Bonchev–Trinajstić information content (AvgIpc) is 2.38. The molecule has 1 unspecified atom stereocenters. The van der Waals surface area contributed by atoms with Crippen LogP contribution in [-0.2, 0) is 4.74 Å². The highest BCUT2D eigenvalue weighted by atomic mass is 16.6. The van der Waals surface area contributed by atoms with Crippen LogP contribution in [0, 0.1) is 0 Å². The molecular formula is C17H36N2O2. The molecule has 0 saturated heterocycles. The van der Waals surface area contributed by atoms with Gasteiger partial charge in [-0.15, -0.1) is 0 Å². The number of amides is 1. The van der Waals surface area contributed by atoms with Gasteiger partial charge in [0.2, 0.25) is 0 Å². The van der Waals surface area contributed by atoms with Crippen molar-refractivity contribution in [1.82, 2.24) is 10.6 Å². The standard InChI is InChI=1S/C17H36N2O2/c1-6-8-10-11-13-18-15(12-9-7-2)14-19-16(20)21-17(3,4)5/h15,18H,6-14H2,1-5H3,(H,19,20). The van der Waals surface area contributed by atoms with E-state index >= 15 is 0 Å². The molecule has 0 aromatic heterocycles. The van der Waals surface area contributed by atoms with E-state index in [1.54, 1.807) is 0 Å². The maximum absolute atomic E-state index is 11.7. The molecule has 4 nitrogen and oxygen atoms in total. The monoisotopic (exact) mass is 300 g/mol. The summed E-state index contributed by atoms with van der Waals surface area (Å²) in [6.45, 7) is 11.7. The van der Waals surface area contributed by atoms with E-state index in [4.69, 9.17) is 4.74 Å². The van der Waals surface area contributed by atoms with Crippen molar-refractivity contribution in [1.29, 1.82) is 0 Å². The third-order valence-electron chi connectivity index (χ3n) is 3.26. The van der Waals surface area contributed by atoms with E-state index in [9.17, 15) is 4.79 Å². The first kappa shape index (κ1) is 20.2. The van der Waals surface area contributed by atoms with Crippen molar-refractivity contribution in [3.05, 3.63) is 0 Å². The number of carbonyl (C=O) groups is 1. The van der Waals surface area contributed by atoms with Crippen LogP contribution in [0.25, 0.3) is 0 Å². The molecule has 0 aromatic rings. The lowest BCUT2D eigenvalue weighted by Crippen LogP contribution is -2.43. The van der Waals surface area contributed by atoms with Gasteiger partial charge in [-0.05, 0) is 40.2 Å². The van der Waals surface area contributed by atoms with Gasteiger partial charge in [0.25, 0.3) is 0 Å². The molecule has 0 aliphatic heterocycles. The Morgan fingerprint density at radius 3 is 2.29 bits per heavy atom. The van der Waals surface area contributed by atoms with Gasteiger partial charge in [0.1, 0.15) is 5.60 Å². The van der Waals surface area contributed by atoms with Crippen molar-refractivity contribution in [2.45, 2.75) is 91.2 Å². The van der Waals surface area contributed by atoms with Gasteiger partial charge in [-0.25, -0.2) is 4.79 Å². The molecule has 0 saturated carbocycles. The predicted molar refractivity (Wildman–Crippen MR) is 89.7 cm³/mol. The molecule has 0 aromatic carbocycles. The zero-order valence-electron chi connectivity index (χ0n) is 14.8. The Labute approximate surface area is 131 Å². The van der Waals surface area contributed by atoms with Crippen molar-refractivity contribution in [3.63, 3.8) is 0 Å². The number of carbonyl (C=O) groups excluding carboxylic acids is 1. The molecule has 0 aliphatic carbocycles. The first-order valence-electron chi connectivity index (χ1n) is 8.59. The summed E-state index contributed by atoms with van der Waals surface area (Å²) < 4.78 is 5.27. The molecule has 1 amide bonds. The second kappa shape index (κ2) is 11.8. The van der Waals surface area contributed by atoms with Crippen molar-refractivity contribution < 1.29 is 9.53 Å². The number of hydrogen-bond acceptors (Lipinski definition) is 3. The molecule has 0 bridgehead atoms. The van der Waals surface area contributed by atoms with E-state index in [-0.39, 0.29) is 6.09 Å². The van der Waals surface area contributed by atoms with Gasteiger partial charge in [-0.1, -0.05) is 46.0 Å². The minimum absolute atomic E-state index is 0.322. The van der Waals surface area contributed by atoms with E-state index < -0.39 is 5.60 Å². The van der Waals surface area contributed by atoms with Gasteiger partial charge in [0.15, 0.2) is 0 Å². The summed E-state index contributed by atoms with van der Waals surface area (Å²) in [5.74, 6) is 0. The molecule has 0 spiro atoms. The topological polar surface area (TPSA) is 50.4 Å². The second-order valence-corrected chi connectivity index (χ2v) is 6.74. The van der Waals surface area contributed by atoms with Crippen LogP contribution in [0.4, 0.5) is 4.79 Å². The summed E-state index contributed by atoms with van der Waals surface area (Å²) in [7, 11) is 0. The van der Waals surface area contributed by atoms with Gasteiger partial charge < -0.3 is 15.4 Å². The van der Waals surface area contributed by atoms with Crippen molar-refractivity contribution in [3.8, 4) is 0 Å². The maximum Gasteiger partial charge on any atom is 0.407 e. The first-order valence-corrected chi connectivity index (χ1v) is 8.59. The Morgan fingerprint density at radius 2 is 1.71 bits per heavy atom. The van der Waals surface area contributed by atoms with Crippen LogP contribution >= 0.6 is 0 Å². The largest absolute Gasteiger partial charge is 0.444 e. The third kappa shape index (κ3) is 13.9. The van der Waals surface area contributed by atoms with Crippen LogP contribution in [0.15, 0.2) is 0 Å². The number of unbranched alkanes of at least 4 members (excludes halogenated alkanes) is 4. The van der Waals surface area contributed by atoms with E-state index in [0.717, 1.165) is 13.0 Å². The molecule has 0 rings (SSSR count). The summed E-state index contributed by atoms with van der Waals surface area (Å²) in [6.07, 6.45) is 8.20. The number of nitrogens with one attached hydrogen (secondary N) is 2. The summed E-state index contributed by atoms with van der Waals surface area (Å²) in [6, 6.07) is 0.346. The third-order valence-corrected chi connectivity index (χ3v) is 3.26. The summed E-state index contributed by atoms with van der Waals surface area (Å²) in [5.41, 5.74) is -0.434. The SMILES string of the molecule is CCCCCCNC(CCCC)CNC(=O)OC(C)(C)C. The van der Waals surface area contributed by atoms with E-state index in [0.29, 0.717) is 12.6 Å². The maximum atomic E-state index is 11.7. The quantitative estimate of drug-likeness (QED) is 0.561. The lowest BCUT2D eigenvalue weighted by molar-refractivity contribution is 0.0521. The molecule has 4 heteroatoms. The minimum atomic E-state index is -0.434. The van der Waals surface area contributed by atoms with Crippen molar-refractivity contribution in [2.24, 2.45) is 0 Å². The van der Waals surface area contributed by atoms with Gasteiger partial charge in [0, 0.05) is 12.6 Å². The number of rotatable bonds is 11. The van der Waals surface area contributed by atoms with Crippen LogP contribution < -0.4 is 10.6 Å². The Balaban J connectivity index is 3.96. The molecule has 21 heavy (non-hydrogen) atoms. The molecular weight excluding hydrogens is 264 g/mol. The molecule has 0 aliphatic rings. The molecule has 126 valence electrons. The Morgan fingerprint density at radius 1 is 1.05 bits per heavy atom. The Hall–Kier alpha value is -0.770. The van der Waals surface area contributed by atoms with Gasteiger partial charge >= 0.3 is 6.09 Å². The van der Waals surface area contributed by atoms with Crippen molar-refractivity contribution in [2.75, 3.05) is 13.1 Å². The van der Waals surface area contributed by atoms with Crippen LogP contribution in [0.1, 0.15) is 79.6 Å². The smallest absolute Gasteiger partial charge is 0.407 e. The van der Waals surface area contributed by atoms with Gasteiger partial charge in [-0.3, -0.25) is 0 Å². The van der Waals surface area contributed by atoms with Crippen LogP contribution in [0.3, 0.4) is 0 Å².